The molecule has 0 bridgehead atoms. The Morgan fingerprint density at radius 3 is 2.77 bits per heavy atom. The zero-order chi connectivity index (χ0) is 24.9. The first-order valence-corrected chi connectivity index (χ1v) is 12.3. The number of hydrogen-bond donors (Lipinski definition) is 3. The maximum Gasteiger partial charge on any atom is 0.270 e. The van der Waals surface area contributed by atoms with E-state index in [4.69, 9.17) is 25.7 Å². The van der Waals surface area contributed by atoms with Gasteiger partial charge in [0.1, 0.15) is 10.9 Å². The molecule has 0 unspecified atom stereocenters. The Morgan fingerprint density at radius 2 is 2.09 bits per heavy atom. The van der Waals surface area contributed by atoms with Gasteiger partial charge < -0.3 is 35.9 Å². The average Bonchev–Trinajstić information content (AvgIpc) is 3.60. The smallest absolute Gasteiger partial charge is 0.270 e. The number of primary amides is 1. The first-order valence-electron chi connectivity index (χ1n) is 11.5. The van der Waals surface area contributed by atoms with Crippen molar-refractivity contribution in [1.82, 2.24) is 14.6 Å². The molecule has 1 aromatic carbocycles. The zero-order valence-electron chi connectivity index (χ0n) is 19.5. The molecule has 2 aliphatic rings. The number of benzene rings is 1. The highest BCUT2D eigenvalue weighted by Crippen LogP contribution is 2.34. The third-order valence-corrected chi connectivity index (χ3v) is 6.83. The first kappa shape index (κ1) is 24.7. The molecule has 35 heavy (non-hydrogen) atoms. The second kappa shape index (κ2) is 10.9. The lowest BCUT2D eigenvalue weighted by Gasteiger charge is -2.31. The molecule has 188 valence electrons. The van der Waals surface area contributed by atoms with Gasteiger partial charge in [0.05, 0.1) is 11.8 Å². The van der Waals surface area contributed by atoms with Gasteiger partial charge in [-0.1, -0.05) is 19.4 Å². The Bertz CT molecular complexity index is 1100. The van der Waals surface area contributed by atoms with E-state index in [0.717, 1.165) is 29.9 Å². The summed E-state index contributed by atoms with van der Waals surface area (Å²) in [6, 6.07) is 4.57. The topological polar surface area (TPSA) is 159 Å². The molecule has 5 N–H and O–H groups in total. The molecule has 0 spiro atoms. The Labute approximate surface area is 206 Å². The third kappa shape index (κ3) is 5.49. The summed E-state index contributed by atoms with van der Waals surface area (Å²) in [4.78, 5) is 40.2. The number of fused-ring (bicyclic) bond motifs is 1. The SMILES string of the molecule is CCC[C@H](C(=O)NC[C@@H]1CCCO1)N(Cc1ccc2c(c1)OCO2)C(=O)c1snc(C(N)=O)c1N. The van der Waals surface area contributed by atoms with Crippen LogP contribution in [-0.4, -0.2) is 59.1 Å². The van der Waals surface area contributed by atoms with Crippen LogP contribution in [0.3, 0.4) is 0 Å². The van der Waals surface area contributed by atoms with Gasteiger partial charge in [-0.3, -0.25) is 14.4 Å². The number of amides is 3. The van der Waals surface area contributed by atoms with E-state index in [1.165, 1.54) is 4.90 Å². The third-order valence-electron chi connectivity index (χ3n) is 5.98. The summed E-state index contributed by atoms with van der Waals surface area (Å²) in [6.07, 6.45) is 2.89. The lowest BCUT2D eigenvalue weighted by molar-refractivity contribution is -0.126. The van der Waals surface area contributed by atoms with E-state index in [2.05, 4.69) is 9.69 Å². The van der Waals surface area contributed by atoms with E-state index in [1.807, 2.05) is 13.0 Å². The van der Waals surface area contributed by atoms with Crippen LogP contribution < -0.4 is 26.3 Å². The fourth-order valence-electron chi connectivity index (χ4n) is 4.16. The predicted octanol–water partition coefficient (Wildman–Crippen LogP) is 1.66. The number of carbonyl (C=O) groups excluding carboxylic acids is 3. The van der Waals surface area contributed by atoms with Crippen molar-refractivity contribution in [2.24, 2.45) is 5.73 Å². The number of nitrogens with zero attached hydrogens (tertiary/aromatic N) is 2. The summed E-state index contributed by atoms with van der Waals surface area (Å²) in [5.41, 5.74) is 11.9. The molecule has 1 fully saturated rings. The summed E-state index contributed by atoms with van der Waals surface area (Å²) in [5.74, 6) is -0.424. The van der Waals surface area contributed by atoms with Crippen molar-refractivity contribution < 1.29 is 28.6 Å². The molecule has 11 nitrogen and oxygen atoms in total. The Kier molecular flexibility index (Phi) is 7.71. The van der Waals surface area contributed by atoms with Crippen molar-refractivity contribution in [3.05, 3.63) is 34.3 Å². The Hall–Kier alpha value is -3.38. The van der Waals surface area contributed by atoms with Crippen LogP contribution in [0.15, 0.2) is 18.2 Å². The van der Waals surface area contributed by atoms with Crippen molar-refractivity contribution in [2.45, 2.75) is 51.3 Å². The van der Waals surface area contributed by atoms with E-state index >= 15 is 0 Å². The number of ether oxygens (including phenoxy) is 3. The molecule has 3 amide bonds. The number of carbonyl (C=O) groups is 3. The normalized spacial score (nSPS) is 17.2. The van der Waals surface area contributed by atoms with E-state index in [1.54, 1.807) is 12.1 Å². The molecule has 2 aromatic rings. The minimum absolute atomic E-state index is 0.0329. The quantitative estimate of drug-likeness (QED) is 0.441. The summed E-state index contributed by atoms with van der Waals surface area (Å²) in [6.45, 7) is 3.23. The first-order chi connectivity index (χ1) is 16.9. The van der Waals surface area contributed by atoms with Crippen molar-refractivity contribution in [1.29, 1.82) is 0 Å². The van der Waals surface area contributed by atoms with Gasteiger partial charge >= 0.3 is 0 Å². The summed E-state index contributed by atoms with van der Waals surface area (Å²) in [7, 11) is 0. The van der Waals surface area contributed by atoms with Crippen molar-refractivity contribution in [2.75, 3.05) is 25.7 Å². The summed E-state index contributed by atoms with van der Waals surface area (Å²) >= 11 is 0.789. The van der Waals surface area contributed by atoms with Crippen LogP contribution in [0.5, 0.6) is 11.5 Å². The van der Waals surface area contributed by atoms with E-state index < -0.39 is 17.9 Å². The Morgan fingerprint density at radius 1 is 1.29 bits per heavy atom. The number of anilines is 1. The standard InChI is InChI=1S/C23H29N5O6S/c1-2-4-15(22(30)26-10-14-5-3-8-32-14)28(11-13-6-7-16-17(9-13)34-12-33-16)23(31)20-18(24)19(21(25)29)27-35-20/h6-7,9,14-15H,2-5,8,10-12,24H2,1H3,(H2,25,29)(H,26,30)/t14-,15+/m0/s1. The molecule has 1 aromatic heterocycles. The number of aromatic nitrogens is 1. The molecule has 0 saturated carbocycles. The van der Waals surface area contributed by atoms with Crippen molar-refractivity contribution in [3.63, 3.8) is 0 Å². The minimum Gasteiger partial charge on any atom is -0.454 e. The van der Waals surface area contributed by atoms with Crippen LogP contribution in [0, 0.1) is 0 Å². The van der Waals surface area contributed by atoms with E-state index in [9.17, 15) is 14.4 Å². The van der Waals surface area contributed by atoms with Gasteiger partial charge in [-0.25, -0.2) is 0 Å². The highest BCUT2D eigenvalue weighted by atomic mass is 32.1. The lowest BCUT2D eigenvalue weighted by atomic mass is 10.1. The van der Waals surface area contributed by atoms with Gasteiger partial charge in [-0.05, 0) is 48.5 Å². The van der Waals surface area contributed by atoms with Crippen LogP contribution in [-0.2, 0) is 16.1 Å². The maximum absolute atomic E-state index is 13.7. The number of hydrogen-bond acceptors (Lipinski definition) is 9. The molecule has 1 saturated heterocycles. The summed E-state index contributed by atoms with van der Waals surface area (Å²) < 4.78 is 20.4. The van der Waals surface area contributed by atoms with Gasteiger partial charge in [0.2, 0.25) is 12.7 Å². The number of rotatable bonds is 10. The van der Waals surface area contributed by atoms with Gasteiger partial charge in [0.25, 0.3) is 11.8 Å². The van der Waals surface area contributed by atoms with E-state index in [0.29, 0.717) is 37.5 Å². The van der Waals surface area contributed by atoms with Gasteiger partial charge in [-0.2, -0.15) is 4.37 Å². The fourth-order valence-corrected chi connectivity index (χ4v) is 4.92. The van der Waals surface area contributed by atoms with E-state index in [-0.39, 0.29) is 41.6 Å². The molecular formula is C23H29N5O6S. The second-order valence-corrected chi connectivity index (χ2v) is 9.22. The lowest BCUT2D eigenvalue weighted by Crippen LogP contribution is -2.50. The molecule has 2 atom stereocenters. The van der Waals surface area contributed by atoms with Gasteiger partial charge in [0.15, 0.2) is 17.2 Å². The average molecular weight is 504 g/mol. The number of nitrogens with one attached hydrogen (secondary N) is 1. The van der Waals surface area contributed by atoms with Crippen molar-refractivity contribution in [3.8, 4) is 11.5 Å². The fraction of sp³-hybridized carbons (Fsp3) is 0.478. The molecule has 12 heteroatoms. The molecular weight excluding hydrogens is 474 g/mol. The predicted molar refractivity (Wildman–Crippen MR) is 128 cm³/mol. The molecule has 0 aliphatic carbocycles. The molecule has 2 aliphatic heterocycles. The van der Waals surface area contributed by atoms with Crippen LogP contribution in [0.4, 0.5) is 5.69 Å². The second-order valence-electron chi connectivity index (χ2n) is 8.44. The van der Waals surface area contributed by atoms with Gasteiger partial charge in [-0.15, -0.1) is 0 Å². The molecule has 3 heterocycles. The van der Waals surface area contributed by atoms with Crippen LogP contribution >= 0.6 is 11.5 Å². The largest absolute Gasteiger partial charge is 0.454 e. The highest BCUT2D eigenvalue weighted by molar-refractivity contribution is 7.09. The van der Waals surface area contributed by atoms with Crippen molar-refractivity contribution >= 4 is 34.9 Å². The van der Waals surface area contributed by atoms with Crippen LogP contribution in [0.1, 0.15) is 58.3 Å². The van der Waals surface area contributed by atoms with Crippen LogP contribution in [0.2, 0.25) is 0 Å². The monoisotopic (exact) mass is 503 g/mol. The maximum atomic E-state index is 13.7. The molecule has 0 radical (unpaired) electrons. The summed E-state index contributed by atoms with van der Waals surface area (Å²) in [5, 5.41) is 2.94. The minimum atomic E-state index is -0.820. The zero-order valence-corrected chi connectivity index (χ0v) is 20.3. The van der Waals surface area contributed by atoms with Crippen LogP contribution in [0.25, 0.3) is 0 Å². The highest BCUT2D eigenvalue weighted by Gasteiger charge is 2.34. The Balaban J connectivity index is 1.63. The van der Waals surface area contributed by atoms with Gasteiger partial charge in [0, 0.05) is 19.7 Å². The number of nitrogen functional groups attached to an aromatic ring is 1. The number of nitrogens with two attached hydrogens (primary N) is 2. The molecule has 4 rings (SSSR count).